The van der Waals surface area contributed by atoms with Crippen molar-refractivity contribution < 1.29 is 18.8 Å². The Morgan fingerprint density at radius 1 is 1.28 bits per heavy atom. The quantitative estimate of drug-likeness (QED) is 0.570. The van der Waals surface area contributed by atoms with Gasteiger partial charge in [-0.25, -0.2) is 0 Å². The maximum atomic E-state index is 11.5. The van der Waals surface area contributed by atoms with Gasteiger partial charge in [-0.3, -0.25) is 4.79 Å². The maximum absolute atomic E-state index is 11.5. The van der Waals surface area contributed by atoms with Crippen LogP contribution in [0.15, 0.2) is 0 Å². The van der Waals surface area contributed by atoms with Crippen LogP contribution >= 0.6 is 0 Å². The minimum absolute atomic E-state index is 0.0592. The molecule has 1 saturated heterocycles. The normalized spacial score (nSPS) is 32.4. The molecule has 2 aliphatic rings. The Morgan fingerprint density at radius 3 is 2.33 bits per heavy atom. The summed E-state index contributed by atoms with van der Waals surface area (Å²) in [5, 5.41) is 0. The molecular weight excluding hydrogens is 231 g/mol. The van der Waals surface area contributed by atoms with E-state index in [1.807, 2.05) is 34.6 Å². The van der Waals surface area contributed by atoms with Gasteiger partial charge in [0, 0.05) is 0 Å². The second-order valence-electron chi connectivity index (χ2n) is 6.28. The molecule has 1 aliphatic carbocycles. The van der Waals surface area contributed by atoms with Crippen molar-refractivity contribution in [1.29, 1.82) is 0 Å². The van der Waals surface area contributed by atoms with E-state index in [0.717, 1.165) is 12.7 Å². The van der Waals surface area contributed by atoms with E-state index < -0.39 is 0 Å². The minimum Gasteiger partial charge on any atom is -0.466 e. The molecule has 1 heterocycles. The van der Waals surface area contributed by atoms with Gasteiger partial charge in [-0.2, -0.15) is 0 Å². The number of hydrogen-bond acceptors (Lipinski definition) is 4. The van der Waals surface area contributed by atoms with E-state index in [1.165, 1.54) is 0 Å². The van der Waals surface area contributed by atoms with Gasteiger partial charge in [0.2, 0.25) is 0 Å². The maximum Gasteiger partial charge on any atom is 0.458 e. The fourth-order valence-corrected chi connectivity index (χ4v) is 2.35. The molecule has 0 aromatic rings. The van der Waals surface area contributed by atoms with E-state index >= 15 is 0 Å². The highest BCUT2D eigenvalue weighted by molar-refractivity contribution is 6.45. The molecule has 102 valence electrons. The summed E-state index contributed by atoms with van der Waals surface area (Å²) in [5.74, 6) is 0.349. The van der Waals surface area contributed by atoms with E-state index in [1.54, 1.807) is 0 Å². The number of ether oxygens (including phenoxy) is 1. The monoisotopic (exact) mass is 254 g/mol. The Morgan fingerprint density at radius 2 is 1.83 bits per heavy atom. The molecule has 0 amide bonds. The first-order chi connectivity index (χ1) is 8.27. The molecule has 2 unspecified atom stereocenters. The second kappa shape index (κ2) is 4.53. The zero-order valence-electron chi connectivity index (χ0n) is 12.0. The largest absolute Gasteiger partial charge is 0.466 e. The summed E-state index contributed by atoms with van der Waals surface area (Å²) in [6, 6.07) is 0. The zero-order chi connectivity index (χ0) is 13.6. The minimum atomic E-state index is -0.286. The highest BCUT2D eigenvalue weighted by atomic mass is 16.7. The van der Waals surface area contributed by atoms with Crippen molar-refractivity contribution in [3.63, 3.8) is 0 Å². The van der Waals surface area contributed by atoms with Crippen molar-refractivity contribution in [2.24, 2.45) is 11.8 Å². The predicted molar refractivity (Wildman–Crippen MR) is 69.1 cm³/mol. The van der Waals surface area contributed by atoms with E-state index in [0.29, 0.717) is 12.5 Å². The Hall–Kier alpha value is -0.545. The summed E-state index contributed by atoms with van der Waals surface area (Å²) in [6.45, 7) is 10.5. The summed E-state index contributed by atoms with van der Waals surface area (Å²) < 4.78 is 16.9. The third-order valence-corrected chi connectivity index (χ3v) is 4.31. The van der Waals surface area contributed by atoms with Crippen molar-refractivity contribution in [2.45, 2.75) is 58.6 Å². The van der Waals surface area contributed by atoms with Crippen LogP contribution in [0.1, 0.15) is 41.0 Å². The topological polar surface area (TPSA) is 44.8 Å². The summed E-state index contributed by atoms with van der Waals surface area (Å²) in [5.41, 5.74) is -0.571. The highest BCUT2D eigenvalue weighted by Crippen LogP contribution is 2.47. The number of carbonyl (C=O) groups excluding carboxylic acids is 1. The van der Waals surface area contributed by atoms with E-state index in [-0.39, 0.29) is 30.2 Å². The van der Waals surface area contributed by atoms with Gasteiger partial charge < -0.3 is 14.0 Å². The molecule has 5 heteroatoms. The molecule has 18 heavy (non-hydrogen) atoms. The molecule has 0 N–H and O–H groups in total. The van der Waals surface area contributed by atoms with Gasteiger partial charge in [-0.15, -0.1) is 0 Å². The third kappa shape index (κ3) is 2.57. The number of hydrogen-bond donors (Lipinski definition) is 0. The average molecular weight is 254 g/mol. The summed E-state index contributed by atoms with van der Waals surface area (Å²) in [7, 11) is -0.195. The smallest absolute Gasteiger partial charge is 0.458 e. The molecule has 0 spiro atoms. The standard InChI is InChI=1S/C13H23BO4/c1-6-16-11(15)10-7-9(10)8-14-17-12(2,3)13(4,5)18-14/h9-10H,6-8H2,1-5H3. The average Bonchev–Trinajstić information content (AvgIpc) is 2.91. The van der Waals surface area contributed by atoms with Crippen LogP contribution in [0.25, 0.3) is 0 Å². The van der Waals surface area contributed by atoms with Gasteiger partial charge in [0.05, 0.1) is 23.7 Å². The van der Waals surface area contributed by atoms with Crippen molar-refractivity contribution >= 4 is 13.1 Å². The van der Waals surface area contributed by atoms with Gasteiger partial charge in [0.25, 0.3) is 0 Å². The molecule has 0 radical (unpaired) electrons. The molecule has 2 atom stereocenters. The SMILES string of the molecule is CCOC(=O)C1CC1CB1OC(C)(C)C(C)(C)O1. The van der Waals surface area contributed by atoms with Crippen LogP contribution in [0.5, 0.6) is 0 Å². The Balaban J connectivity index is 1.82. The van der Waals surface area contributed by atoms with E-state index in [2.05, 4.69) is 0 Å². The second-order valence-corrected chi connectivity index (χ2v) is 6.28. The predicted octanol–water partition coefficient (Wildman–Crippen LogP) is 2.28. The summed E-state index contributed by atoms with van der Waals surface area (Å²) >= 11 is 0. The van der Waals surface area contributed by atoms with E-state index in [9.17, 15) is 4.79 Å². The van der Waals surface area contributed by atoms with Gasteiger partial charge in [-0.05, 0) is 53.3 Å². The van der Waals surface area contributed by atoms with Gasteiger partial charge >= 0.3 is 13.1 Å². The van der Waals surface area contributed by atoms with Crippen molar-refractivity contribution in [1.82, 2.24) is 0 Å². The number of carbonyl (C=O) groups is 1. The van der Waals surface area contributed by atoms with Crippen LogP contribution in [0.3, 0.4) is 0 Å². The number of rotatable bonds is 4. The van der Waals surface area contributed by atoms with Crippen LogP contribution < -0.4 is 0 Å². The Bertz CT molecular complexity index is 324. The molecule has 2 fully saturated rings. The lowest BCUT2D eigenvalue weighted by Gasteiger charge is -2.32. The first-order valence-corrected chi connectivity index (χ1v) is 6.79. The lowest BCUT2D eigenvalue weighted by molar-refractivity contribution is -0.144. The fraction of sp³-hybridized carbons (Fsp3) is 0.923. The Kier molecular flexibility index (Phi) is 3.49. The lowest BCUT2D eigenvalue weighted by atomic mass is 9.81. The molecule has 0 aromatic carbocycles. The molecule has 4 nitrogen and oxygen atoms in total. The molecule has 1 aliphatic heterocycles. The zero-order valence-corrected chi connectivity index (χ0v) is 12.0. The van der Waals surface area contributed by atoms with Gasteiger partial charge in [0.1, 0.15) is 0 Å². The molecule has 0 bridgehead atoms. The third-order valence-electron chi connectivity index (χ3n) is 4.31. The van der Waals surface area contributed by atoms with Crippen LogP contribution in [0.4, 0.5) is 0 Å². The van der Waals surface area contributed by atoms with E-state index in [4.69, 9.17) is 14.0 Å². The van der Waals surface area contributed by atoms with Gasteiger partial charge in [0.15, 0.2) is 0 Å². The number of esters is 1. The van der Waals surface area contributed by atoms with Crippen LogP contribution in [0.2, 0.25) is 6.32 Å². The van der Waals surface area contributed by atoms with Crippen LogP contribution in [-0.2, 0) is 18.8 Å². The van der Waals surface area contributed by atoms with Gasteiger partial charge in [-0.1, -0.05) is 0 Å². The van der Waals surface area contributed by atoms with Crippen molar-refractivity contribution in [3.05, 3.63) is 0 Å². The first kappa shape index (κ1) is 13.9. The van der Waals surface area contributed by atoms with Crippen LogP contribution in [-0.4, -0.2) is 30.9 Å². The van der Waals surface area contributed by atoms with Crippen LogP contribution in [0, 0.1) is 11.8 Å². The molecular formula is C13H23BO4. The van der Waals surface area contributed by atoms with Crippen molar-refractivity contribution in [2.75, 3.05) is 6.61 Å². The summed E-state index contributed by atoms with van der Waals surface area (Å²) in [4.78, 5) is 11.5. The molecule has 0 aromatic heterocycles. The summed E-state index contributed by atoms with van der Waals surface area (Å²) in [6.07, 6.45) is 1.69. The lowest BCUT2D eigenvalue weighted by Crippen LogP contribution is -2.41. The molecule has 1 saturated carbocycles. The Labute approximate surface area is 110 Å². The fourth-order valence-electron chi connectivity index (χ4n) is 2.35. The van der Waals surface area contributed by atoms with Crippen molar-refractivity contribution in [3.8, 4) is 0 Å². The highest BCUT2D eigenvalue weighted by Gasteiger charge is 2.54. The molecule has 2 rings (SSSR count). The first-order valence-electron chi connectivity index (χ1n) is 6.79.